The molecule has 0 aromatic carbocycles. The Balaban J connectivity index is 2.76. The number of aromatic nitrogens is 2. The quantitative estimate of drug-likeness (QED) is 0.551. The van der Waals surface area contributed by atoms with Crippen LogP contribution in [-0.2, 0) is 4.79 Å². The van der Waals surface area contributed by atoms with Gasteiger partial charge in [0.2, 0.25) is 0 Å². The fraction of sp³-hybridized carbons (Fsp3) is 0.462. The molecule has 21 heavy (non-hydrogen) atoms. The molecule has 7 nitrogen and oxygen atoms in total. The number of aliphatic carboxylic acids is 1. The van der Waals surface area contributed by atoms with Gasteiger partial charge in [-0.15, -0.1) is 0 Å². The van der Waals surface area contributed by atoms with E-state index in [1.165, 1.54) is 18.6 Å². The SMILES string of the molecule is CC(C)(C)/N=C\c1ncc(C(=O)NC(CS)C(=O)O)cn1. The maximum atomic E-state index is 11.8. The second-order valence-electron chi connectivity index (χ2n) is 5.31. The number of aliphatic imine (C=N–C) groups is 1. The molecule has 1 rings (SSSR count). The van der Waals surface area contributed by atoms with Crippen molar-refractivity contribution in [1.29, 1.82) is 0 Å². The van der Waals surface area contributed by atoms with E-state index in [2.05, 4.69) is 32.9 Å². The minimum absolute atomic E-state index is 0.00173. The van der Waals surface area contributed by atoms with Crippen LogP contribution in [0.5, 0.6) is 0 Å². The van der Waals surface area contributed by atoms with Crippen LogP contribution in [0.2, 0.25) is 0 Å². The van der Waals surface area contributed by atoms with Gasteiger partial charge in [0.15, 0.2) is 5.82 Å². The summed E-state index contributed by atoms with van der Waals surface area (Å²) in [5, 5.41) is 11.2. The summed E-state index contributed by atoms with van der Waals surface area (Å²) >= 11 is 3.87. The van der Waals surface area contributed by atoms with Gasteiger partial charge in [-0.1, -0.05) is 0 Å². The number of rotatable bonds is 5. The third-order valence-corrected chi connectivity index (χ3v) is 2.65. The predicted molar refractivity (Wildman–Crippen MR) is 82.1 cm³/mol. The van der Waals surface area contributed by atoms with Gasteiger partial charge < -0.3 is 10.4 Å². The van der Waals surface area contributed by atoms with E-state index >= 15 is 0 Å². The fourth-order valence-corrected chi connectivity index (χ4v) is 1.45. The molecule has 1 heterocycles. The van der Waals surface area contributed by atoms with Crippen LogP contribution in [-0.4, -0.2) is 50.5 Å². The Bertz CT molecular complexity index is 537. The number of thiol groups is 1. The summed E-state index contributed by atoms with van der Waals surface area (Å²) in [4.78, 5) is 34.9. The molecule has 8 heteroatoms. The van der Waals surface area contributed by atoms with Crippen LogP contribution in [0.25, 0.3) is 0 Å². The number of carbonyl (C=O) groups is 2. The molecule has 0 aliphatic heterocycles. The minimum Gasteiger partial charge on any atom is -0.480 e. The molecule has 114 valence electrons. The molecule has 1 aromatic rings. The second kappa shape index (κ2) is 7.16. The third kappa shape index (κ3) is 5.90. The number of carbonyl (C=O) groups excluding carboxylic acids is 1. The highest BCUT2D eigenvalue weighted by molar-refractivity contribution is 7.80. The van der Waals surface area contributed by atoms with E-state index in [1.54, 1.807) is 0 Å². The number of carboxylic acid groups (broad SMARTS) is 1. The maximum absolute atomic E-state index is 11.8. The summed E-state index contributed by atoms with van der Waals surface area (Å²) < 4.78 is 0. The standard InChI is InChI=1S/C13H18N4O3S/c1-13(2,3)16-6-10-14-4-8(5-15-10)11(18)17-9(7-21)12(19)20/h4-6,9,21H,7H2,1-3H3,(H,17,18)(H,19,20)/b16-6-. The van der Waals surface area contributed by atoms with E-state index in [1.807, 2.05) is 20.8 Å². The van der Waals surface area contributed by atoms with Crippen molar-refractivity contribution in [1.82, 2.24) is 15.3 Å². The lowest BCUT2D eigenvalue weighted by atomic mass is 10.1. The van der Waals surface area contributed by atoms with Gasteiger partial charge in [0.05, 0.1) is 17.3 Å². The molecule has 0 radical (unpaired) electrons. The summed E-state index contributed by atoms with van der Waals surface area (Å²) in [6.07, 6.45) is 4.17. The molecule has 1 amide bonds. The molecule has 1 atom stereocenters. The summed E-state index contributed by atoms with van der Waals surface area (Å²) in [7, 11) is 0. The number of hydrogen-bond acceptors (Lipinski definition) is 6. The van der Waals surface area contributed by atoms with Crippen molar-refractivity contribution in [3.05, 3.63) is 23.8 Å². The first-order chi connectivity index (χ1) is 9.73. The molecule has 1 aromatic heterocycles. The number of nitrogens with one attached hydrogen (secondary N) is 1. The van der Waals surface area contributed by atoms with Crippen LogP contribution in [0.3, 0.4) is 0 Å². The largest absolute Gasteiger partial charge is 0.480 e. The van der Waals surface area contributed by atoms with E-state index in [4.69, 9.17) is 5.11 Å². The van der Waals surface area contributed by atoms with Gasteiger partial charge in [-0.2, -0.15) is 12.6 Å². The molecule has 1 unspecified atom stereocenters. The van der Waals surface area contributed by atoms with Crippen molar-refractivity contribution in [3.63, 3.8) is 0 Å². The van der Waals surface area contributed by atoms with Gasteiger partial charge in [0, 0.05) is 18.1 Å². The maximum Gasteiger partial charge on any atom is 0.327 e. The number of carboxylic acids is 1. The monoisotopic (exact) mass is 310 g/mol. The van der Waals surface area contributed by atoms with Gasteiger partial charge in [-0.3, -0.25) is 9.79 Å². The zero-order valence-electron chi connectivity index (χ0n) is 12.1. The van der Waals surface area contributed by atoms with Crippen LogP contribution < -0.4 is 5.32 Å². The van der Waals surface area contributed by atoms with Crippen LogP contribution >= 0.6 is 12.6 Å². The molecule has 0 saturated carbocycles. The van der Waals surface area contributed by atoms with E-state index in [0.29, 0.717) is 5.82 Å². The lowest BCUT2D eigenvalue weighted by molar-refractivity contribution is -0.138. The number of nitrogens with zero attached hydrogens (tertiary/aromatic N) is 3. The van der Waals surface area contributed by atoms with Crippen molar-refractivity contribution < 1.29 is 14.7 Å². The zero-order chi connectivity index (χ0) is 16.0. The van der Waals surface area contributed by atoms with Crippen LogP contribution in [0, 0.1) is 0 Å². The van der Waals surface area contributed by atoms with Crippen LogP contribution in [0.15, 0.2) is 17.4 Å². The Kier molecular flexibility index (Phi) is 5.83. The molecule has 0 spiro atoms. The third-order valence-electron chi connectivity index (χ3n) is 2.29. The Morgan fingerprint density at radius 3 is 2.43 bits per heavy atom. The topological polar surface area (TPSA) is 105 Å². The van der Waals surface area contributed by atoms with Crippen LogP contribution in [0.1, 0.15) is 37.0 Å². The Morgan fingerprint density at radius 1 is 1.43 bits per heavy atom. The molecule has 2 N–H and O–H groups in total. The first-order valence-corrected chi connectivity index (χ1v) is 6.88. The highest BCUT2D eigenvalue weighted by Crippen LogP contribution is 2.05. The van der Waals surface area contributed by atoms with Crippen molar-refractivity contribution in [2.24, 2.45) is 4.99 Å². The Morgan fingerprint density at radius 2 is 2.00 bits per heavy atom. The highest BCUT2D eigenvalue weighted by atomic mass is 32.1. The number of hydrogen-bond donors (Lipinski definition) is 3. The molecule has 0 saturated heterocycles. The fourth-order valence-electron chi connectivity index (χ4n) is 1.20. The van der Waals surface area contributed by atoms with E-state index in [0.717, 1.165) is 0 Å². The predicted octanol–water partition coefficient (Wildman–Crippen LogP) is 0.807. The first kappa shape index (κ1) is 17.1. The Hall–Kier alpha value is -1.96. The van der Waals surface area contributed by atoms with Gasteiger partial charge >= 0.3 is 5.97 Å². The second-order valence-corrected chi connectivity index (χ2v) is 5.67. The van der Waals surface area contributed by atoms with Crippen molar-refractivity contribution in [2.75, 3.05) is 5.75 Å². The van der Waals surface area contributed by atoms with Gasteiger partial charge in [0.1, 0.15) is 6.04 Å². The minimum atomic E-state index is -1.15. The van der Waals surface area contributed by atoms with Gasteiger partial charge in [-0.25, -0.2) is 14.8 Å². The molecule has 0 fully saturated rings. The smallest absolute Gasteiger partial charge is 0.327 e. The van der Waals surface area contributed by atoms with E-state index in [9.17, 15) is 9.59 Å². The van der Waals surface area contributed by atoms with Crippen LogP contribution in [0.4, 0.5) is 0 Å². The molecule has 0 aliphatic carbocycles. The van der Waals surface area contributed by atoms with Crippen molar-refractivity contribution >= 4 is 30.7 Å². The van der Waals surface area contributed by atoms with Crippen molar-refractivity contribution in [3.8, 4) is 0 Å². The molecule has 0 aliphatic rings. The normalized spacial score (nSPS) is 13.1. The van der Waals surface area contributed by atoms with Crippen molar-refractivity contribution in [2.45, 2.75) is 32.4 Å². The summed E-state index contributed by atoms with van der Waals surface area (Å²) in [5.74, 6) is -1.33. The molecule has 0 bridgehead atoms. The lowest BCUT2D eigenvalue weighted by Crippen LogP contribution is -2.42. The zero-order valence-corrected chi connectivity index (χ0v) is 13.0. The summed E-state index contributed by atoms with van der Waals surface area (Å²) in [5.41, 5.74) is -0.0586. The van der Waals surface area contributed by atoms with E-state index in [-0.39, 0.29) is 16.9 Å². The average Bonchev–Trinajstić information content (AvgIpc) is 2.41. The molecular weight excluding hydrogens is 292 g/mol. The average molecular weight is 310 g/mol. The Labute approximate surface area is 128 Å². The van der Waals surface area contributed by atoms with Gasteiger partial charge in [-0.05, 0) is 20.8 Å². The molecular formula is C13H18N4O3S. The summed E-state index contributed by atoms with van der Waals surface area (Å²) in [6.45, 7) is 5.82. The summed E-state index contributed by atoms with van der Waals surface area (Å²) in [6, 6.07) is -1.05. The number of amides is 1. The lowest BCUT2D eigenvalue weighted by Gasteiger charge is -2.11. The van der Waals surface area contributed by atoms with E-state index < -0.39 is 17.9 Å². The van der Waals surface area contributed by atoms with Gasteiger partial charge in [0.25, 0.3) is 5.91 Å². The highest BCUT2D eigenvalue weighted by Gasteiger charge is 2.19. The first-order valence-electron chi connectivity index (χ1n) is 6.25.